The van der Waals surface area contributed by atoms with E-state index in [-0.39, 0.29) is 23.3 Å². The lowest BCUT2D eigenvalue weighted by Gasteiger charge is -2.17. The third-order valence-electron chi connectivity index (χ3n) is 2.91. The largest absolute Gasteiger partial charge is 0.507 e. The molecule has 4 nitrogen and oxygen atoms in total. The van der Waals surface area contributed by atoms with Crippen LogP contribution in [-0.2, 0) is 4.79 Å². The number of Topliss-reactive ketones (excluding diaryl/α,β-unsaturated/α-hetero) is 2. The summed E-state index contributed by atoms with van der Waals surface area (Å²) in [6.45, 7) is 0. The number of nitriles is 1. The van der Waals surface area contributed by atoms with E-state index in [4.69, 9.17) is 5.26 Å². The van der Waals surface area contributed by atoms with Crippen LogP contribution in [0.15, 0.2) is 29.8 Å². The average molecular weight is 241 g/mol. The molecule has 0 saturated carbocycles. The number of carbonyl (C=O) groups is 2. The summed E-state index contributed by atoms with van der Waals surface area (Å²) in [4.78, 5) is 23.7. The first-order chi connectivity index (χ1) is 8.66. The van der Waals surface area contributed by atoms with Gasteiger partial charge in [0.05, 0.1) is 6.07 Å². The van der Waals surface area contributed by atoms with E-state index in [1.54, 1.807) is 18.2 Å². The predicted molar refractivity (Wildman–Crippen MR) is 64.8 cm³/mol. The molecule has 90 valence electrons. The molecule has 1 N–H and O–H groups in total. The second-order valence-corrected chi connectivity index (χ2v) is 4.04. The van der Waals surface area contributed by atoms with E-state index in [1.807, 2.05) is 6.07 Å². The Hall–Kier alpha value is -2.41. The van der Waals surface area contributed by atoms with Crippen molar-refractivity contribution in [2.45, 2.75) is 19.3 Å². The molecule has 0 spiro atoms. The Labute approximate surface area is 104 Å². The van der Waals surface area contributed by atoms with Crippen LogP contribution in [-0.4, -0.2) is 16.7 Å². The number of aliphatic hydroxyl groups is 1. The second-order valence-electron chi connectivity index (χ2n) is 4.04. The van der Waals surface area contributed by atoms with Crippen molar-refractivity contribution in [1.82, 2.24) is 0 Å². The topological polar surface area (TPSA) is 78.2 Å². The van der Waals surface area contributed by atoms with Gasteiger partial charge in [-0.05, 0) is 12.8 Å². The van der Waals surface area contributed by atoms with Crippen LogP contribution in [0.2, 0.25) is 0 Å². The first-order valence-electron chi connectivity index (χ1n) is 5.64. The molecule has 0 aliphatic heterocycles. The maximum Gasteiger partial charge on any atom is 0.234 e. The third kappa shape index (κ3) is 1.91. The van der Waals surface area contributed by atoms with Crippen LogP contribution in [0, 0.1) is 11.3 Å². The van der Waals surface area contributed by atoms with E-state index in [0.717, 1.165) is 0 Å². The smallest absolute Gasteiger partial charge is 0.234 e. The normalized spacial score (nSPS) is 14.4. The van der Waals surface area contributed by atoms with Crippen LogP contribution in [0.5, 0.6) is 0 Å². The van der Waals surface area contributed by atoms with Gasteiger partial charge in [0.1, 0.15) is 5.76 Å². The van der Waals surface area contributed by atoms with E-state index in [0.29, 0.717) is 18.4 Å². The fraction of sp³-hybridized carbons (Fsp3) is 0.214. The molecule has 0 unspecified atom stereocenters. The minimum atomic E-state index is -0.663. The van der Waals surface area contributed by atoms with Gasteiger partial charge in [0.25, 0.3) is 0 Å². The molecule has 1 aromatic carbocycles. The fourth-order valence-corrected chi connectivity index (χ4v) is 1.99. The molecule has 2 rings (SSSR count). The van der Waals surface area contributed by atoms with Crippen LogP contribution in [0.1, 0.15) is 35.2 Å². The third-order valence-corrected chi connectivity index (χ3v) is 2.91. The lowest BCUT2D eigenvalue weighted by Crippen LogP contribution is -2.24. The van der Waals surface area contributed by atoms with Gasteiger partial charge in [-0.1, -0.05) is 24.3 Å². The van der Waals surface area contributed by atoms with E-state index >= 15 is 0 Å². The lowest BCUT2D eigenvalue weighted by atomic mass is 9.86. The molecule has 0 saturated heterocycles. The highest BCUT2D eigenvalue weighted by atomic mass is 16.3. The van der Waals surface area contributed by atoms with Crippen molar-refractivity contribution in [3.05, 3.63) is 41.0 Å². The molecule has 4 heteroatoms. The Balaban J connectivity index is 2.43. The Morgan fingerprint density at radius 3 is 2.44 bits per heavy atom. The molecule has 1 aromatic rings. The summed E-state index contributed by atoms with van der Waals surface area (Å²) in [7, 11) is 0. The predicted octanol–water partition coefficient (Wildman–Crippen LogP) is 2.41. The highest BCUT2D eigenvalue weighted by molar-refractivity contribution is 6.52. The first-order valence-corrected chi connectivity index (χ1v) is 5.64. The standard InChI is InChI=1S/C14H11NO3/c15-8-4-3-7-11-12(16)9-5-1-2-6-10(9)13(17)14(11)18/h1-2,5-6,16H,3-4,7H2. The van der Waals surface area contributed by atoms with Crippen molar-refractivity contribution in [3.8, 4) is 6.07 Å². The Morgan fingerprint density at radius 1 is 1.11 bits per heavy atom. The fourth-order valence-electron chi connectivity index (χ4n) is 1.99. The Morgan fingerprint density at radius 2 is 1.78 bits per heavy atom. The van der Waals surface area contributed by atoms with Crippen molar-refractivity contribution in [1.29, 1.82) is 5.26 Å². The Bertz CT molecular complexity index is 593. The lowest BCUT2D eigenvalue weighted by molar-refractivity contribution is -0.112. The summed E-state index contributed by atoms with van der Waals surface area (Å²) in [6, 6.07) is 8.45. The number of allylic oxidation sites excluding steroid dienone is 1. The second kappa shape index (κ2) is 4.84. The molecule has 0 radical (unpaired) electrons. The summed E-state index contributed by atoms with van der Waals surface area (Å²) in [5.41, 5.74) is 0.757. The number of carbonyl (C=O) groups excluding carboxylic acids is 2. The van der Waals surface area contributed by atoms with E-state index in [9.17, 15) is 14.7 Å². The minimum Gasteiger partial charge on any atom is -0.507 e. The summed E-state index contributed by atoms with van der Waals surface area (Å²) in [6.07, 6.45) is 0.995. The highest BCUT2D eigenvalue weighted by Crippen LogP contribution is 2.29. The van der Waals surface area contributed by atoms with Gasteiger partial charge >= 0.3 is 0 Å². The van der Waals surface area contributed by atoms with Crippen molar-refractivity contribution >= 4 is 17.3 Å². The van der Waals surface area contributed by atoms with Crippen LogP contribution in [0.3, 0.4) is 0 Å². The number of unbranched alkanes of at least 4 members (excludes halogenated alkanes) is 1. The van der Waals surface area contributed by atoms with Crippen molar-refractivity contribution in [2.75, 3.05) is 0 Å². The number of rotatable bonds is 3. The molecular formula is C14H11NO3. The highest BCUT2D eigenvalue weighted by Gasteiger charge is 2.31. The van der Waals surface area contributed by atoms with Crippen LogP contribution >= 0.6 is 0 Å². The molecule has 1 aliphatic carbocycles. The number of benzene rings is 1. The van der Waals surface area contributed by atoms with Gasteiger partial charge in [0.2, 0.25) is 11.6 Å². The van der Waals surface area contributed by atoms with E-state index in [2.05, 4.69) is 0 Å². The number of hydrogen-bond donors (Lipinski definition) is 1. The van der Waals surface area contributed by atoms with Crippen LogP contribution in [0.25, 0.3) is 5.76 Å². The zero-order valence-electron chi connectivity index (χ0n) is 9.64. The molecule has 0 atom stereocenters. The monoisotopic (exact) mass is 241 g/mol. The number of ketones is 2. The van der Waals surface area contributed by atoms with E-state index < -0.39 is 11.6 Å². The maximum atomic E-state index is 11.8. The molecular weight excluding hydrogens is 230 g/mol. The van der Waals surface area contributed by atoms with Crippen molar-refractivity contribution in [3.63, 3.8) is 0 Å². The molecule has 0 aromatic heterocycles. The molecule has 1 aliphatic rings. The first kappa shape index (κ1) is 12.1. The number of fused-ring (bicyclic) bond motifs is 1. The molecule has 0 amide bonds. The summed E-state index contributed by atoms with van der Waals surface area (Å²) < 4.78 is 0. The summed E-state index contributed by atoms with van der Waals surface area (Å²) in [5, 5.41) is 18.5. The molecule has 18 heavy (non-hydrogen) atoms. The molecule has 0 fully saturated rings. The van der Waals surface area contributed by atoms with Crippen LogP contribution in [0.4, 0.5) is 0 Å². The van der Waals surface area contributed by atoms with Crippen molar-refractivity contribution in [2.24, 2.45) is 0 Å². The average Bonchev–Trinajstić information content (AvgIpc) is 2.40. The van der Waals surface area contributed by atoms with E-state index in [1.165, 1.54) is 6.07 Å². The zero-order chi connectivity index (χ0) is 13.1. The minimum absolute atomic E-state index is 0.119. The summed E-state index contributed by atoms with van der Waals surface area (Å²) in [5.74, 6) is -1.38. The molecule has 0 heterocycles. The van der Waals surface area contributed by atoms with Gasteiger partial charge in [-0.2, -0.15) is 5.26 Å². The zero-order valence-corrected chi connectivity index (χ0v) is 9.64. The van der Waals surface area contributed by atoms with Crippen molar-refractivity contribution < 1.29 is 14.7 Å². The maximum absolute atomic E-state index is 11.8. The van der Waals surface area contributed by atoms with Gasteiger partial charge in [0.15, 0.2) is 0 Å². The quantitative estimate of drug-likeness (QED) is 0.651. The summed E-state index contributed by atoms with van der Waals surface area (Å²) >= 11 is 0. The van der Waals surface area contributed by atoms with Gasteiger partial charge in [-0.3, -0.25) is 9.59 Å². The number of hydrogen-bond acceptors (Lipinski definition) is 4. The molecule has 0 bridgehead atoms. The van der Waals surface area contributed by atoms with Gasteiger partial charge in [-0.25, -0.2) is 0 Å². The number of nitrogens with zero attached hydrogens (tertiary/aromatic N) is 1. The SMILES string of the molecule is N#CCCCC1=C(O)c2ccccc2C(=O)C1=O. The number of aliphatic hydroxyl groups excluding tert-OH is 1. The van der Waals surface area contributed by atoms with Gasteiger partial charge in [0, 0.05) is 23.1 Å². The Kier molecular flexibility index (Phi) is 3.24. The van der Waals surface area contributed by atoms with Crippen LogP contribution < -0.4 is 0 Å². The van der Waals surface area contributed by atoms with Gasteiger partial charge < -0.3 is 5.11 Å². The van der Waals surface area contributed by atoms with Gasteiger partial charge in [-0.15, -0.1) is 0 Å².